The molecular formula is C14H14N2O2S. The van der Waals surface area contributed by atoms with E-state index in [1.54, 1.807) is 12.1 Å². The molecule has 0 saturated carbocycles. The minimum Gasteiger partial charge on any atom is -0.418 e. The van der Waals surface area contributed by atoms with Crippen LogP contribution < -0.4 is 15.7 Å². The molecule has 0 spiro atoms. The van der Waals surface area contributed by atoms with Crippen molar-refractivity contribution in [2.45, 2.75) is 6.92 Å². The van der Waals surface area contributed by atoms with Gasteiger partial charge in [-0.15, -0.1) is 0 Å². The zero-order chi connectivity index (χ0) is 13.8. The topological polar surface area (TPSA) is 78.3 Å². The van der Waals surface area contributed by atoms with Gasteiger partial charge in [0.1, 0.15) is 17.8 Å². The molecule has 0 unspecified atom stereocenters. The van der Waals surface area contributed by atoms with E-state index in [4.69, 9.17) is 15.7 Å². The first-order chi connectivity index (χ1) is 9.06. The molecule has 0 heterocycles. The summed E-state index contributed by atoms with van der Waals surface area (Å²) in [6.45, 7) is 1.44. The molecule has 0 fully saturated rings. The molecule has 0 aliphatic carbocycles. The second-order valence-corrected chi connectivity index (χ2v) is 4.94. The summed E-state index contributed by atoms with van der Waals surface area (Å²) >= 11 is 0.786. The molecule has 2 aromatic carbocycles. The van der Waals surface area contributed by atoms with Crippen LogP contribution in [0.3, 0.4) is 0 Å². The Kier molecular flexibility index (Phi) is 3.97. The number of benzene rings is 2. The van der Waals surface area contributed by atoms with Crippen LogP contribution in [0.5, 0.6) is 5.75 Å². The van der Waals surface area contributed by atoms with E-state index in [9.17, 15) is 4.79 Å². The number of nitrogen functional groups attached to an aromatic ring is 2. The molecule has 0 atom stereocenters. The van der Waals surface area contributed by atoms with Crippen LogP contribution in [0.2, 0.25) is 0 Å². The zero-order valence-corrected chi connectivity index (χ0v) is 11.2. The maximum Gasteiger partial charge on any atom is 0.224 e. The van der Waals surface area contributed by atoms with Crippen LogP contribution >= 0.6 is 12.0 Å². The molecule has 0 radical (unpaired) electrons. The van der Waals surface area contributed by atoms with E-state index < -0.39 is 0 Å². The van der Waals surface area contributed by atoms with Crippen LogP contribution in [0, 0.1) is 0 Å². The molecule has 4 N–H and O–H groups in total. The molecule has 0 aliphatic heterocycles. The summed E-state index contributed by atoms with van der Waals surface area (Å²) in [6, 6.07) is 12.8. The Bertz CT molecular complexity index is 597. The van der Waals surface area contributed by atoms with E-state index in [0.29, 0.717) is 17.1 Å². The Morgan fingerprint density at radius 1 is 1.11 bits per heavy atom. The number of hydrogen-bond donors (Lipinski definition) is 2. The summed E-state index contributed by atoms with van der Waals surface area (Å²) < 4.78 is 5.23. The molecule has 2 rings (SSSR count). The molecule has 0 aliphatic rings. The van der Waals surface area contributed by atoms with Gasteiger partial charge >= 0.3 is 0 Å². The maximum atomic E-state index is 10.8. The third-order valence-corrected chi connectivity index (χ3v) is 3.01. The van der Waals surface area contributed by atoms with Crippen LogP contribution in [0.25, 0.3) is 11.1 Å². The van der Waals surface area contributed by atoms with Crippen LogP contribution in [0.15, 0.2) is 42.5 Å². The Morgan fingerprint density at radius 3 is 2.37 bits per heavy atom. The third kappa shape index (κ3) is 3.42. The third-order valence-electron chi connectivity index (χ3n) is 2.50. The summed E-state index contributed by atoms with van der Waals surface area (Å²) in [7, 11) is 0. The molecule has 0 amide bonds. The molecule has 5 heteroatoms. The first-order valence-electron chi connectivity index (χ1n) is 5.67. The Hall–Kier alpha value is -2.14. The van der Waals surface area contributed by atoms with Gasteiger partial charge in [-0.05, 0) is 29.8 Å². The molecule has 4 nitrogen and oxygen atoms in total. The van der Waals surface area contributed by atoms with Gasteiger partial charge in [-0.3, -0.25) is 4.79 Å². The molecule has 0 aromatic heterocycles. The van der Waals surface area contributed by atoms with Crippen molar-refractivity contribution >= 4 is 28.5 Å². The van der Waals surface area contributed by atoms with Crippen molar-refractivity contribution in [1.29, 1.82) is 0 Å². The number of carbonyl (C=O) groups is 1. The second-order valence-electron chi connectivity index (χ2n) is 4.03. The van der Waals surface area contributed by atoms with E-state index in [-0.39, 0.29) is 5.12 Å². The van der Waals surface area contributed by atoms with Crippen LogP contribution in [0.4, 0.5) is 11.4 Å². The first-order valence-corrected chi connectivity index (χ1v) is 6.41. The lowest BCUT2D eigenvalue weighted by molar-refractivity contribution is -0.109. The lowest BCUT2D eigenvalue weighted by Gasteiger charge is -2.08. The van der Waals surface area contributed by atoms with Gasteiger partial charge in [0, 0.05) is 29.9 Å². The van der Waals surface area contributed by atoms with E-state index in [0.717, 1.165) is 23.2 Å². The van der Waals surface area contributed by atoms with Crippen LogP contribution in [-0.4, -0.2) is 5.12 Å². The Balaban J connectivity index is 2.24. The van der Waals surface area contributed by atoms with Crippen molar-refractivity contribution in [2.24, 2.45) is 0 Å². The normalized spacial score (nSPS) is 10.2. The summed E-state index contributed by atoms with van der Waals surface area (Å²) in [4.78, 5) is 10.8. The van der Waals surface area contributed by atoms with E-state index in [2.05, 4.69) is 0 Å². The van der Waals surface area contributed by atoms with E-state index in [1.807, 2.05) is 30.3 Å². The van der Waals surface area contributed by atoms with Crippen molar-refractivity contribution in [1.82, 2.24) is 0 Å². The van der Waals surface area contributed by atoms with Gasteiger partial charge in [0.15, 0.2) is 0 Å². The summed E-state index contributed by atoms with van der Waals surface area (Å²) in [5, 5.41) is -0.110. The lowest BCUT2D eigenvalue weighted by Crippen LogP contribution is -1.93. The molecule has 0 saturated heterocycles. The van der Waals surface area contributed by atoms with Crippen molar-refractivity contribution in [3.8, 4) is 16.9 Å². The standard InChI is InChI=1S/C14H14N2O2S/c1-9(17)19-18-12-6-7-13(14(16)8-12)10-2-4-11(15)5-3-10/h2-8H,15-16H2,1H3. The molecular weight excluding hydrogens is 260 g/mol. The molecule has 19 heavy (non-hydrogen) atoms. The predicted octanol–water partition coefficient (Wildman–Crippen LogP) is 3.09. The minimum atomic E-state index is -0.110. The molecule has 2 aromatic rings. The lowest BCUT2D eigenvalue weighted by atomic mass is 10.0. The van der Waals surface area contributed by atoms with Gasteiger partial charge < -0.3 is 15.7 Å². The fourth-order valence-corrected chi connectivity index (χ4v) is 1.94. The summed E-state index contributed by atoms with van der Waals surface area (Å²) in [6.07, 6.45) is 0. The van der Waals surface area contributed by atoms with Crippen molar-refractivity contribution < 1.29 is 8.98 Å². The number of carbonyl (C=O) groups excluding carboxylic acids is 1. The smallest absolute Gasteiger partial charge is 0.224 e. The van der Waals surface area contributed by atoms with Crippen molar-refractivity contribution in [3.05, 3.63) is 42.5 Å². The quantitative estimate of drug-likeness (QED) is 0.664. The largest absolute Gasteiger partial charge is 0.418 e. The second kappa shape index (κ2) is 5.67. The van der Waals surface area contributed by atoms with Gasteiger partial charge in [0.2, 0.25) is 5.12 Å². The Morgan fingerprint density at radius 2 is 1.79 bits per heavy atom. The van der Waals surface area contributed by atoms with Gasteiger partial charge in [-0.1, -0.05) is 12.1 Å². The summed E-state index contributed by atoms with van der Waals surface area (Å²) in [5.41, 5.74) is 14.8. The average Bonchev–Trinajstić information content (AvgIpc) is 2.38. The maximum absolute atomic E-state index is 10.8. The molecule has 0 bridgehead atoms. The highest BCUT2D eigenvalue weighted by atomic mass is 32.2. The van der Waals surface area contributed by atoms with Crippen LogP contribution in [-0.2, 0) is 4.79 Å². The van der Waals surface area contributed by atoms with Gasteiger partial charge in [0.25, 0.3) is 0 Å². The minimum absolute atomic E-state index is 0.110. The van der Waals surface area contributed by atoms with Crippen molar-refractivity contribution in [2.75, 3.05) is 11.5 Å². The highest BCUT2D eigenvalue weighted by molar-refractivity contribution is 8.09. The number of anilines is 2. The zero-order valence-electron chi connectivity index (χ0n) is 10.4. The molecule has 98 valence electrons. The predicted molar refractivity (Wildman–Crippen MR) is 79.6 cm³/mol. The Labute approximate surface area is 116 Å². The number of nitrogens with two attached hydrogens (primary N) is 2. The fourth-order valence-electron chi connectivity index (χ4n) is 1.63. The van der Waals surface area contributed by atoms with Crippen LogP contribution in [0.1, 0.15) is 6.92 Å². The fraction of sp³-hybridized carbons (Fsp3) is 0.0714. The van der Waals surface area contributed by atoms with Gasteiger partial charge in [-0.2, -0.15) is 0 Å². The van der Waals surface area contributed by atoms with Gasteiger partial charge in [-0.25, -0.2) is 0 Å². The highest BCUT2D eigenvalue weighted by Crippen LogP contribution is 2.30. The first kappa shape index (κ1) is 13.3. The van der Waals surface area contributed by atoms with Gasteiger partial charge in [0.05, 0.1) is 0 Å². The summed E-state index contributed by atoms with van der Waals surface area (Å²) in [5.74, 6) is 0.553. The monoisotopic (exact) mass is 274 g/mol. The van der Waals surface area contributed by atoms with E-state index in [1.165, 1.54) is 6.92 Å². The number of rotatable bonds is 3. The number of hydrogen-bond acceptors (Lipinski definition) is 5. The van der Waals surface area contributed by atoms with E-state index >= 15 is 0 Å². The van der Waals surface area contributed by atoms with Crippen molar-refractivity contribution in [3.63, 3.8) is 0 Å². The highest BCUT2D eigenvalue weighted by Gasteiger charge is 2.06. The average molecular weight is 274 g/mol. The SMILES string of the molecule is CC(=O)SOc1ccc(-c2ccc(N)cc2)c(N)c1.